The number of nitrogens with zero attached hydrogens (tertiary/aromatic N) is 4. The number of carbonyl (C=O) groups excluding carboxylic acids is 1. The Bertz CT molecular complexity index is 1410. The smallest absolute Gasteiger partial charge is 0.271 e. The van der Waals surface area contributed by atoms with Crippen molar-refractivity contribution in [2.45, 2.75) is 32.3 Å². The van der Waals surface area contributed by atoms with Gasteiger partial charge in [0.25, 0.3) is 5.91 Å². The molecule has 1 aliphatic rings. The van der Waals surface area contributed by atoms with Crippen LogP contribution in [0, 0.1) is 5.82 Å². The Hall–Kier alpha value is -3.73. The molecule has 5 rings (SSSR count). The second-order valence-electron chi connectivity index (χ2n) is 8.76. The molecule has 1 atom stereocenters. The molecule has 4 aromatic rings. The quantitative estimate of drug-likeness (QED) is 0.339. The molecule has 0 saturated heterocycles. The number of aliphatic hydroxyl groups is 1. The summed E-state index contributed by atoms with van der Waals surface area (Å²) in [6, 6.07) is 7.51. The third kappa shape index (κ3) is 5.22. The standard InChI is InChI=1S/C26H25ClFN5O4/c1-36-14-21-11-32-9-18(22-6-25(30-8-23(22)27)29-7-20-13-37-15-31-20)5-24(32)26(35)33(21)10-17-4-19(28)3-2-16(17)12-34/h2-6,8-9,13,15,21,34H,7,10-12,14H2,1H3,(H,29,30)/t21-/m1/s1. The average molecular weight is 526 g/mol. The normalized spacial score (nSPS) is 15.2. The molecule has 9 nitrogen and oxygen atoms in total. The number of nitrogens with one attached hydrogen (secondary N) is 1. The topological polar surface area (TPSA) is 106 Å². The number of carbonyl (C=O) groups is 1. The summed E-state index contributed by atoms with van der Waals surface area (Å²) < 4.78 is 26.2. The second-order valence-corrected chi connectivity index (χ2v) is 9.17. The number of aliphatic hydroxyl groups excluding tert-OH is 1. The minimum atomic E-state index is -0.425. The van der Waals surface area contributed by atoms with Crippen molar-refractivity contribution in [3.63, 3.8) is 0 Å². The number of aromatic nitrogens is 3. The maximum absolute atomic E-state index is 14.0. The zero-order valence-electron chi connectivity index (χ0n) is 20.0. The molecule has 0 saturated carbocycles. The number of oxazole rings is 1. The van der Waals surface area contributed by atoms with Crippen molar-refractivity contribution < 1.29 is 23.4 Å². The Morgan fingerprint density at radius 2 is 2.14 bits per heavy atom. The van der Waals surface area contributed by atoms with Crippen LogP contribution >= 0.6 is 11.6 Å². The number of pyridine rings is 1. The first-order valence-electron chi connectivity index (χ1n) is 11.6. The highest BCUT2D eigenvalue weighted by Crippen LogP contribution is 2.33. The molecule has 192 valence electrons. The van der Waals surface area contributed by atoms with Crippen LogP contribution in [-0.4, -0.2) is 50.2 Å². The summed E-state index contributed by atoms with van der Waals surface area (Å²) >= 11 is 6.49. The molecule has 37 heavy (non-hydrogen) atoms. The van der Waals surface area contributed by atoms with E-state index in [1.807, 2.05) is 16.8 Å². The molecule has 0 radical (unpaired) electrons. The number of rotatable bonds is 9. The number of ether oxygens (including phenoxy) is 1. The van der Waals surface area contributed by atoms with Crippen LogP contribution in [-0.2, 0) is 31.0 Å². The lowest BCUT2D eigenvalue weighted by atomic mass is 10.0. The highest BCUT2D eigenvalue weighted by molar-refractivity contribution is 6.33. The van der Waals surface area contributed by atoms with Crippen LogP contribution in [0.25, 0.3) is 11.1 Å². The van der Waals surface area contributed by atoms with Gasteiger partial charge < -0.3 is 29.0 Å². The van der Waals surface area contributed by atoms with Gasteiger partial charge in [-0.3, -0.25) is 4.79 Å². The average Bonchev–Trinajstić information content (AvgIpc) is 3.56. The number of methoxy groups -OCH3 is 1. The van der Waals surface area contributed by atoms with Gasteiger partial charge in [0.15, 0.2) is 6.39 Å². The lowest BCUT2D eigenvalue weighted by Gasteiger charge is -2.36. The van der Waals surface area contributed by atoms with Crippen LogP contribution in [0.3, 0.4) is 0 Å². The largest absolute Gasteiger partial charge is 0.451 e. The van der Waals surface area contributed by atoms with Crippen molar-refractivity contribution in [1.29, 1.82) is 0 Å². The predicted molar refractivity (Wildman–Crippen MR) is 134 cm³/mol. The first kappa shape index (κ1) is 24.9. The number of fused-ring (bicyclic) bond motifs is 1. The molecule has 0 spiro atoms. The van der Waals surface area contributed by atoms with Gasteiger partial charge in [0.05, 0.1) is 36.5 Å². The van der Waals surface area contributed by atoms with Gasteiger partial charge in [-0.25, -0.2) is 14.4 Å². The highest BCUT2D eigenvalue weighted by Gasteiger charge is 2.33. The Balaban J connectivity index is 1.44. The van der Waals surface area contributed by atoms with Gasteiger partial charge in [-0.1, -0.05) is 17.7 Å². The van der Waals surface area contributed by atoms with E-state index in [-0.39, 0.29) is 25.1 Å². The first-order valence-corrected chi connectivity index (χ1v) is 12.0. The fraction of sp³-hybridized carbons (Fsp3) is 0.269. The molecule has 1 aromatic carbocycles. The fourth-order valence-electron chi connectivity index (χ4n) is 4.50. The molecule has 0 fully saturated rings. The van der Waals surface area contributed by atoms with Crippen molar-refractivity contribution >= 4 is 23.3 Å². The van der Waals surface area contributed by atoms with Crippen LogP contribution in [0.5, 0.6) is 0 Å². The van der Waals surface area contributed by atoms with Crippen LogP contribution < -0.4 is 5.32 Å². The van der Waals surface area contributed by atoms with E-state index in [1.165, 1.54) is 24.6 Å². The molecular formula is C26H25ClFN5O4. The van der Waals surface area contributed by atoms with E-state index in [4.69, 9.17) is 20.8 Å². The maximum Gasteiger partial charge on any atom is 0.271 e. The van der Waals surface area contributed by atoms with Gasteiger partial charge in [-0.05, 0) is 35.4 Å². The van der Waals surface area contributed by atoms with Gasteiger partial charge in [0, 0.05) is 43.7 Å². The van der Waals surface area contributed by atoms with Crippen molar-refractivity contribution in [2.75, 3.05) is 19.0 Å². The minimum Gasteiger partial charge on any atom is -0.451 e. The summed E-state index contributed by atoms with van der Waals surface area (Å²) in [6.07, 6.45) is 6.35. The summed E-state index contributed by atoms with van der Waals surface area (Å²) in [5.41, 5.74) is 3.82. The monoisotopic (exact) mass is 525 g/mol. The van der Waals surface area contributed by atoms with Crippen molar-refractivity contribution in [3.8, 4) is 11.1 Å². The zero-order valence-corrected chi connectivity index (χ0v) is 20.8. The second kappa shape index (κ2) is 10.7. The van der Waals surface area contributed by atoms with Gasteiger partial charge in [-0.2, -0.15) is 0 Å². The van der Waals surface area contributed by atoms with Crippen LogP contribution in [0.4, 0.5) is 10.2 Å². The van der Waals surface area contributed by atoms with Crippen LogP contribution in [0.1, 0.15) is 27.3 Å². The Morgan fingerprint density at radius 3 is 2.89 bits per heavy atom. The number of halogens is 2. The minimum absolute atomic E-state index is 0.146. The zero-order chi connectivity index (χ0) is 25.9. The summed E-state index contributed by atoms with van der Waals surface area (Å²) in [6.45, 7) is 1.11. The van der Waals surface area contributed by atoms with E-state index in [9.17, 15) is 14.3 Å². The van der Waals surface area contributed by atoms with Gasteiger partial charge in [0.1, 0.15) is 23.6 Å². The van der Waals surface area contributed by atoms with E-state index in [0.29, 0.717) is 47.4 Å². The van der Waals surface area contributed by atoms with Crippen molar-refractivity contribution in [2.24, 2.45) is 0 Å². The third-order valence-electron chi connectivity index (χ3n) is 6.36. The van der Waals surface area contributed by atoms with Crippen molar-refractivity contribution in [3.05, 3.63) is 88.7 Å². The third-order valence-corrected chi connectivity index (χ3v) is 6.66. The summed E-state index contributed by atoms with van der Waals surface area (Å²) in [5.74, 6) is -0.0485. The lowest BCUT2D eigenvalue weighted by molar-refractivity contribution is 0.0386. The summed E-state index contributed by atoms with van der Waals surface area (Å²) in [7, 11) is 1.57. The van der Waals surface area contributed by atoms with Gasteiger partial charge in [0.2, 0.25) is 0 Å². The Kier molecular flexibility index (Phi) is 7.22. The van der Waals surface area contributed by atoms with E-state index in [1.54, 1.807) is 30.5 Å². The molecule has 1 amide bonds. The molecular weight excluding hydrogens is 501 g/mol. The van der Waals surface area contributed by atoms with Gasteiger partial charge in [-0.15, -0.1) is 0 Å². The molecule has 1 aliphatic heterocycles. The van der Waals surface area contributed by atoms with Crippen LogP contribution in [0.15, 0.2) is 59.8 Å². The predicted octanol–water partition coefficient (Wildman–Crippen LogP) is 4.11. The fourth-order valence-corrected chi connectivity index (χ4v) is 4.72. The van der Waals surface area contributed by atoms with Crippen LogP contribution in [0.2, 0.25) is 5.02 Å². The van der Waals surface area contributed by atoms with E-state index >= 15 is 0 Å². The number of amides is 1. The Morgan fingerprint density at radius 1 is 1.27 bits per heavy atom. The molecule has 0 unspecified atom stereocenters. The maximum atomic E-state index is 14.0. The highest BCUT2D eigenvalue weighted by atomic mass is 35.5. The van der Waals surface area contributed by atoms with E-state index in [2.05, 4.69) is 15.3 Å². The van der Waals surface area contributed by atoms with E-state index < -0.39 is 5.82 Å². The first-order chi connectivity index (χ1) is 18.0. The summed E-state index contributed by atoms with van der Waals surface area (Å²) in [4.78, 5) is 23.7. The number of benzene rings is 1. The molecule has 0 aliphatic carbocycles. The molecule has 11 heteroatoms. The molecule has 2 N–H and O–H groups in total. The number of hydrogen-bond acceptors (Lipinski definition) is 7. The number of hydrogen-bond donors (Lipinski definition) is 2. The van der Waals surface area contributed by atoms with Crippen molar-refractivity contribution in [1.82, 2.24) is 19.4 Å². The molecule has 3 aromatic heterocycles. The number of anilines is 1. The molecule has 4 heterocycles. The SMILES string of the molecule is COC[C@H]1Cn2cc(-c3cc(NCc4cocn4)ncc3Cl)cc2C(=O)N1Cc1cc(F)ccc1CO. The molecule has 0 bridgehead atoms. The Labute approximate surface area is 217 Å². The van der Waals surface area contributed by atoms with E-state index in [0.717, 1.165) is 16.8 Å². The van der Waals surface area contributed by atoms with Gasteiger partial charge >= 0.3 is 0 Å². The summed E-state index contributed by atoms with van der Waals surface area (Å²) in [5, 5.41) is 13.3. The lowest BCUT2D eigenvalue weighted by Crippen LogP contribution is -2.49.